The number of amides is 1. The van der Waals surface area contributed by atoms with Gasteiger partial charge in [0, 0.05) is 0 Å². The standard InChI is InChI=1S/C14H19F3N2O/c1-9-4-5-10(2)12(6-9)11(3)19-13(20)7-18-8-14(15,16)17/h4-6,11,18H,7-8H2,1-3H3,(H,19,20). The lowest BCUT2D eigenvalue weighted by molar-refractivity contribution is -0.128. The number of benzene rings is 1. The monoisotopic (exact) mass is 288 g/mol. The highest BCUT2D eigenvalue weighted by atomic mass is 19.4. The fourth-order valence-electron chi connectivity index (χ4n) is 1.91. The minimum absolute atomic E-state index is 0.241. The summed E-state index contributed by atoms with van der Waals surface area (Å²) < 4.78 is 35.8. The minimum Gasteiger partial charge on any atom is -0.348 e. The van der Waals surface area contributed by atoms with Gasteiger partial charge in [-0.2, -0.15) is 13.2 Å². The Balaban J connectivity index is 2.51. The lowest BCUT2D eigenvalue weighted by Crippen LogP contribution is -2.39. The van der Waals surface area contributed by atoms with Crippen LogP contribution in [0.15, 0.2) is 18.2 Å². The van der Waals surface area contributed by atoms with Crippen molar-refractivity contribution in [1.82, 2.24) is 10.6 Å². The van der Waals surface area contributed by atoms with Crippen LogP contribution < -0.4 is 10.6 Å². The van der Waals surface area contributed by atoms with Gasteiger partial charge in [-0.05, 0) is 31.9 Å². The average Bonchev–Trinajstić information content (AvgIpc) is 2.30. The molecular formula is C14H19F3N2O. The Morgan fingerprint density at radius 2 is 1.95 bits per heavy atom. The van der Waals surface area contributed by atoms with Crippen molar-refractivity contribution < 1.29 is 18.0 Å². The first-order chi connectivity index (χ1) is 9.19. The molecule has 3 nitrogen and oxygen atoms in total. The van der Waals surface area contributed by atoms with Gasteiger partial charge in [0.1, 0.15) is 0 Å². The number of carbonyl (C=O) groups is 1. The largest absolute Gasteiger partial charge is 0.401 e. The summed E-state index contributed by atoms with van der Waals surface area (Å²) in [5.41, 5.74) is 3.07. The smallest absolute Gasteiger partial charge is 0.348 e. The molecule has 0 saturated carbocycles. The minimum atomic E-state index is -4.31. The molecule has 0 saturated heterocycles. The van der Waals surface area contributed by atoms with Gasteiger partial charge in [-0.15, -0.1) is 0 Å². The quantitative estimate of drug-likeness (QED) is 0.874. The van der Waals surface area contributed by atoms with Gasteiger partial charge in [-0.25, -0.2) is 0 Å². The van der Waals surface area contributed by atoms with E-state index in [1.54, 1.807) is 0 Å². The van der Waals surface area contributed by atoms with E-state index < -0.39 is 18.6 Å². The molecular weight excluding hydrogens is 269 g/mol. The highest BCUT2D eigenvalue weighted by Crippen LogP contribution is 2.18. The molecule has 0 heterocycles. The summed E-state index contributed by atoms with van der Waals surface area (Å²) in [7, 11) is 0. The fourth-order valence-corrected chi connectivity index (χ4v) is 1.91. The van der Waals surface area contributed by atoms with E-state index in [1.165, 1.54) is 0 Å². The van der Waals surface area contributed by atoms with E-state index in [1.807, 2.05) is 39.0 Å². The highest BCUT2D eigenvalue weighted by Gasteiger charge is 2.26. The van der Waals surface area contributed by atoms with E-state index >= 15 is 0 Å². The van der Waals surface area contributed by atoms with E-state index in [-0.39, 0.29) is 12.6 Å². The summed E-state index contributed by atoms with van der Waals surface area (Å²) in [6.45, 7) is 4.16. The van der Waals surface area contributed by atoms with Gasteiger partial charge >= 0.3 is 6.18 Å². The van der Waals surface area contributed by atoms with Crippen molar-refractivity contribution in [2.24, 2.45) is 0 Å². The van der Waals surface area contributed by atoms with Crippen molar-refractivity contribution in [3.05, 3.63) is 34.9 Å². The van der Waals surface area contributed by atoms with Crippen molar-refractivity contribution in [2.75, 3.05) is 13.1 Å². The summed E-state index contributed by atoms with van der Waals surface area (Å²) in [6.07, 6.45) is -4.31. The molecule has 1 aromatic carbocycles. The molecule has 1 rings (SSSR count). The third-order valence-electron chi connectivity index (χ3n) is 2.89. The first-order valence-corrected chi connectivity index (χ1v) is 6.33. The van der Waals surface area contributed by atoms with Crippen molar-refractivity contribution in [3.63, 3.8) is 0 Å². The Bertz CT molecular complexity index is 472. The van der Waals surface area contributed by atoms with Crippen LogP contribution in [0.5, 0.6) is 0 Å². The van der Waals surface area contributed by atoms with Crippen LogP contribution >= 0.6 is 0 Å². The third-order valence-corrected chi connectivity index (χ3v) is 2.89. The van der Waals surface area contributed by atoms with Gasteiger partial charge in [0.05, 0.1) is 19.1 Å². The van der Waals surface area contributed by atoms with E-state index in [0.717, 1.165) is 16.7 Å². The van der Waals surface area contributed by atoms with Crippen molar-refractivity contribution >= 4 is 5.91 Å². The average molecular weight is 288 g/mol. The van der Waals surface area contributed by atoms with E-state index in [0.29, 0.717) is 0 Å². The van der Waals surface area contributed by atoms with E-state index in [2.05, 4.69) is 10.6 Å². The van der Waals surface area contributed by atoms with Gasteiger partial charge in [0.15, 0.2) is 0 Å². The molecule has 0 spiro atoms. The van der Waals surface area contributed by atoms with Gasteiger partial charge in [0.25, 0.3) is 0 Å². The SMILES string of the molecule is Cc1ccc(C)c(C(C)NC(=O)CNCC(F)(F)F)c1. The normalized spacial score (nSPS) is 13.1. The maximum atomic E-state index is 11.9. The zero-order valence-corrected chi connectivity index (χ0v) is 11.8. The molecule has 20 heavy (non-hydrogen) atoms. The predicted octanol–water partition coefficient (Wildman–Crippen LogP) is 2.63. The molecule has 1 amide bonds. The van der Waals surface area contributed by atoms with Crippen LogP contribution in [0.1, 0.15) is 29.7 Å². The lowest BCUT2D eigenvalue weighted by Gasteiger charge is -2.17. The number of rotatable bonds is 5. The number of carbonyl (C=O) groups excluding carboxylic acids is 1. The van der Waals surface area contributed by atoms with Gasteiger partial charge in [0.2, 0.25) is 5.91 Å². The van der Waals surface area contributed by atoms with E-state index in [4.69, 9.17) is 0 Å². The maximum absolute atomic E-state index is 11.9. The van der Waals surface area contributed by atoms with Crippen LogP contribution in [0, 0.1) is 13.8 Å². The molecule has 0 aliphatic heterocycles. The predicted molar refractivity (Wildman–Crippen MR) is 71.4 cm³/mol. The Morgan fingerprint density at radius 3 is 2.55 bits per heavy atom. The Morgan fingerprint density at radius 1 is 1.30 bits per heavy atom. The molecule has 0 aliphatic carbocycles. The highest BCUT2D eigenvalue weighted by molar-refractivity contribution is 5.78. The second-order valence-electron chi connectivity index (χ2n) is 4.87. The molecule has 1 atom stereocenters. The van der Waals surface area contributed by atoms with Gasteiger partial charge in [-0.1, -0.05) is 23.8 Å². The molecule has 0 fully saturated rings. The van der Waals surface area contributed by atoms with Crippen molar-refractivity contribution in [3.8, 4) is 0 Å². The molecule has 1 unspecified atom stereocenters. The second-order valence-corrected chi connectivity index (χ2v) is 4.87. The van der Waals surface area contributed by atoms with Gasteiger partial charge < -0.3 is 10.6 Å². The first-order valence-electron chi connectivity index (χ1n) is 6.33. The number of halogens is 3. The van der Waals surface area contributed by atoms with E-state index in [9.17, 15) is 18.0 Å². The lowest BCUT2D eigenvalue weighted by atomic mass is 10.00. The molecule has 0 bridgehead atoms. The van der Waals surface area contributed by atoms with Crippen molar-refractivity contribution in [1.29, 1.82) is 0 Å². The molecule has 0 aliphatic rings. The van der Waals surface area contributed by atoms with Crippen LogP contribution in [0.2, 0.25) is 0 Å². The summed E-state index contributed by atoms with van der Waals surface area (Å²) >= 11 is 0. The molecule has 0 radical (unpaired) electrons. The Labute approximate surface area is 116 Å². The molecule has 1 aromatic rings. The number of aryl methyl sites for hydroxylation is 2. The third kappa shape index (κ3) is 5.61. The van der Waals surface area contributed by atoms with Crippen LogP contribution in [0.3, 0.4) is 0 Å². The van der Waals surface area contributed by atoms with Gasteiger partial charge in [-0.3, -0.25) is 4.79 Å². The van der Waals surface area contributed by atoms with Crippen LogP contribution in [0.25, 0.3) is 0 Å². The Hall–Kier alpha value is -1.56. The Kier molecular flexibility index (Phi) is 5.56. The number of nitrogens with one attached hydrogen (secondary N) is 2. The van der Waals surface area contributed by atoms with Crippen LogP contribution in [-0.4, -0.2) is 25.2 Å². The summed E-state index contributed by atoms with van der Waals surface area (Å²) in [5, 5.41) is 4.75. The van der Waals surface area contributed by atoms with Crippen molar-refractivity contribution in [2.45, 2.75) is 33.0 Å². The molecule has 112 valence electrons. The molecule has 0 aromatic heterocycles. The second kappa shape index (κ2) is 6.74. The summed E-state index contributed by atoms with van der Waals surface area (Å²) in [6, 6.07) is 5.65. The zero-order chi connectivity index (χ0) is 15.3. The molecule has 6 heteroatoms. The van der Waals surface area contributed by atoms with Crippen LogP contribution in [-0.2, 0) is 4.79 Å². The summed E-state index contributed by atoms with van der Waals surface area (Å²) in [4.78, 5) is 11.6. The van der Waals surface area contributed by atoms with Crippen LogP contribution in [0.4, 0.5) is 13.2 Å². The first kappa shape index (κ1) is 16.5. The fraction of sp³-hybridized carbons (Fsp3) is 0.500. The maximum Gasteiger partial charge on any atom is 0.401 e. The number of hydrogen-bond acceptors (Lipinski definition) is 2. The summed E-state index contributed by atoms with van der Waals surface area (Å²) in [5.74, 6) is -0.456. The number of alkyl halides is 3. The molecule has 2 N–H and O–H groups in total. The number of hydrogen-bond donors (Lipinski definition) is 2. The topological polar surface area (TPSA) is 41.1 Å². The zero-order valence-electron chi connectivity index (χ0n) is 11.8.